The molecule has 0 aromatic heterocycles. The maximum Gasteiger partial charge on any atom is 0.224 e. The summed E-state index contributed by atoms with van der Waals surface area (Å²) in [4.78, 5) is 35.2. The predicted octanol–water partition coefficient (Wildman–Crippen LogP) is 4.20. The van der Waals surface area contributed by atoms with Gasteiger partial charge in [-0.2, -0.15) is 0 Å². The first-order chi connectivity index (χ1) is 12.5. The number of carbonyl (C=O) groups excluding carboxylic acids is 3. The molecule has 0 saturated carbocycles. The van der Waals surface area contributed by atoms with Gasteiger partial charge in [0.2, 0.25) is 11.8 Å². The monoisotopic (exact) mass is 352 g/mol. The Bertz CT molecular complexity index is 765. The van der Waals surface area contributed by atoms with Crippen LogP contribution >= 0.6 is 0 Å². The minimum atomic E-state index is -0.215. The van der Waals surface area contributed by atoms with Crippen molar-refractivity contribution in [2.24, 2.45) is 0 Å². The summed E-state index contributed by atoms with van der Waals surface area (Å²) in [6.45, 7) is 3.55. The van der Waals surface area contributed by atoms with Gasteiger partial charge in [-0.15, -0.1) is 0 Å². The van der Waals surface area contributed by atoms with Crippen LogP contribution in [0.4, 0.5) is 11.4 Å². The molecule has 26 heavy (non-hydrogen) atoms. The third-order valence-corrected chi connectivity index (χ3v) is 3.88. The molecule has 2 N–H and O–H groups in total. The first-order valence-electron chi connectivity index (χ1n) is 8.77. The Morgan fingerprint density at radius 3 is 1.92 bits per heavy atom. The lowest BCUT2D eigenvalue weighted by Gasteiger charge is -2.07. The lowest BCUT2D eigenvalue weighted by atomic mass is 10.0. The molecule has 5 nitrogen and oxygen atoms in total. The highest BCUT2D eigenvalue weighted by Crippen LogP contribution is 2.15. The van der Waals surface area contributed by atoms with Gasteiger partial charge in [-0.3, -0.25) is 14.4 Å². The Morgan fingerprint density at radius 1 is 0.808 bits per heavy atom. The summed E-state index contributed by atoms with van der Waals surface area (Å²) in [6.07, 6.45) is 2.36. The molecule has 2 aromatic rings. The molecule has 0 fully saturated rings. The third-order valence-electron chi connectivity index (χ3n) is 3.88. The van der Waals surface area contributed by atoms with E-state index in [1.165, 1.54) is 12.5 Å². The molecule has 2 amide bonds. The average molecular weight is 352 g/mol. The Hall–Kier alpha value is -2.95. The van der Waals surface area contributed by atoms with Crippen LogP contribution in [0.3, 0.4) is 0 Å². The largest absolute Gasteiger partial charge is 0.326 e. The van der Waals surface area contributed by atoms with Crippen molar-refractivity contribution in [2.75, 3.05) is 10.6 Å². The molecule has 0 unspecified atom stereocenters. The van der Waals surface area contributed by atoms with Crippen molar-refractivity contribution < 1.29 is 14.4 Å². The first-order valence-corrected chi connectivity index (χ1v) is 8.77. The maximum absolute atomic E-state index is 12.2. The van der Waals surface area contributed by atoms with Crippen LogP contribution in [0.25, 0.3) is 0 Å². The van der Waals surface area contributed by atoms with Crippen molar-refractivity contribution in [3.63, 3.8) is 0 Å². The molecule has 0 atom stereocenters. The number of carbonyl (C=O) groups is 3. The van der Waals surface area contributed by atoms with Crippen LogP contribution in [-0.4, -0.2) is 17.6 Å². The molecule has 2 rings (SSSR count). The normalized spacial score (nSPS) is 10.2. The molecule has 0 aliphatic carbocycles. The van der Waals surface area contributed by atoms with Gasteiger partial charge in [0.1, 0.15) is 0 Å². The molecular weight excluding hydrogens is 328 g/mol. The second-order valence-corrected chi connectivity index (χ2v) is 6.18. The third kappa shape index (κ3) is 6.16. The van der Waals surface area contributed by atoms with E-state index < -0.39 is 0 Å². The number of hydrogen-bond donors (Lipinski definition) is 2. The minimum absolute atomic E-state index is 0.0378. The van der Waals surface area contributed by atoms with Gasteiger partial charge >= 0.3 is 0 Å². The predicted molar refractivity (Wildman–Crippen MR) is 103 cm³/mol. The zero-order valence-electron chi connectivity index (χ0n) is 15.2. The number of ketones is 1. The minimum Gasteiger partial charge on any atom is -0.326 e. The average Bonchev–Trinajstić information content (AvgIpc) is 2.62. The van der Waals surface area contributed by atoms with Crippen molar-refractivity contribution in [2.45, 2.75) is 39.5 Å². The number of amides is 2. The number of aryl methyl sites for hydroxylation is 1. The quantitative estimate of drug-likeness (QED) is 0.699. The van der Waals surface area contributed by atoms with E-state index in [4.69, 9.17) is 0 Å². The molecule has 0 heterocycles. The topological polar surface area (TPSA) is 75.3 Å². The summed E-state index contributed by atoms with van der Waals surface area (Å²) >= 11 is 0. The molecule has 0 spiro atoms. The number of Topliss-reactive ketones (excluding diaryl/α,β-unsaturated/α-hetero) is 1. The Balaban J connectivity index is 1.82. The summed E-state index contributed by atoms with van der Waals surface area (Å²) in [6, 6.07) is 14.4. The second kappa shape index (κ2) is 9.51. The molecule has 136 valence electrons. The van der Waals surface area contributed by atoms with Gasteiger partial charge in [0.25, 0.3) is 0 Å². The molecule has 0 aliphatic heterocycles. The molecule has 0 saturated heterocycles. The van der Waals surface area contributed by atoms with Crippen LogP contribution in [0, 0.1) is 0 Å². The highest BCUT2D eigenvalue weighted by Gasteiger charge is 2.10. The van der Waals surface area contributed by atoms with Crippen LogP contribution < -0.4 is 10.6 Å². The van der Waals surface area contributed by atoms with Gasteiger partial charge in [0, 0.05) is 36.7 Å². The Morgan fingerprint density at radius 2 is 1.38 bits per heavy atom. The Kier molecular flexibility index (Phi) is 7.09. The van der Waals surface area contributed by atoms with Crippen molar-refractivity contribution in [1.82, 2.24) is 0 Å². The molecular formula is C21H24N2O3. The van der Waals surface area contributed by atoms with E-state index in [1.807, 2.05) is 24.3 Å². The zero-order chi connectivity index (χ0) is 18.9. The first kappa shape index (κ1) is 19.4. The number of benzene rings is 2. The van der Waals surface area contributed by atoms with Crippen LogP contribution in [0.2, 0.25) is 0 Å². The fraction of sp³-hybridized carbons (Fsp3) is 0.286. The van der Waals surface area contributed by atoms with E-state index in [0.717, 1.165) is 12.8 Å². The summed E-state index contributed by atoms with van der Waals surface area (Å²) in [5.41, 5.74) is 3.14. The van der Waals surface area contributed by atoms with E-state index in [9.17, 15) is 14.4 Å². The SMILES string of the molecule is CCCc1ccc(C(=O)CCC(=O)Nc2ccc(NC(C)=O)cc2)cc1. The van der Waals surface area contributed by atoms with Crippen molar-refractivity contribution >= 4 is 29.0 Å². The molecule has 0 aliphatic rings. The van der Waals surface area contributed by atoms with Crippen molar-refractivity contribution in [3.8, 4) is 0 Å². The van der Waals surface area contributed by atoms with E-state index >= 15 is 0 Å². The van der Waals surface area contributed by atoms with E-state index in [-0.39, 0.29) is 30.4 Å². The fourth-order valence-electron chi connectivity index (χ4n) is 2.58. The van der Waals surface area contributed by atoms with Crippen molar-refractivity contribution in [1.29, 1.82) is 0 Å². The molecule has 2 aromatic carbocycles. The summed E-state index contributed by atoms with van der Waals surface area (Å²) in [5.74, 6) is -0.402. The number of rotatable bonds is 8. The van der Waals surface area contributed by atoms with E-state index in [1.54, 1.807) is 24.3 Å². The van der Waals surface area contributed by atoms with Gasteiger partial charge in [-0.1, -0.05) is 37.6 Å². The summed E-state index contributed by atoms with van der Waals surface area (Å²) in [7, 11) is 0. The lowest BCUT2D eigenvalue weighted by Crippen LogP contribution is -2.13. The number of hydrogen-bond acceptors (Lipinski definition) is 3. The van der Waals surface area contributed by atoms with Crippen molar-refractivity contribution in [3.05, 3.63) is 59.7 Å². The number of anilines is 2. The standard InChI is InChI=1S/C21H24N2O3/c1-3-4-16-5-7-17(8-6-16)20(25)13-14-21(26)23-19-11-9-18(10-12-19)22-15(2)24/h5-12H,3-4,13-14H2,1-2H3,(H,22,24)(H,23,26). The Labute approximate surface area is 153 Å². The van der Waals surface area contributed by atoms with Crippen LogP contribution in [0.1, 0.15) is 49.0 Å². The zero-order valence-corrected chi connectivity index (χ0v) is 15.2. The van der Waals surface area contributed by atoms with E-state index in [0.29, 0.717) is 16.9 Å². The highest BCUT2D eigenvalue weighted by molar-refractivity contribution is 6.00. The van der Waals surface area contributed by atoms with Crippen LogP contribution in [-0.2, 0) is 16.0 Å². The van der Waals surface area contributed by atoms with Gasteiger partial charge in [0.05, 0.1) is 0 Å². The highest BCUT2D eigenvalue weighted by atomic mass is 16.2. The van der Waals surface area contributed by atoms with Crippen LogP contribution in [0.15, 0.2) is 48.5 Å². The fourth-order valence-corrected chi connectivity index (χ4v) is 2.58. The number of nitrogens with one attached hydrogen (secondary N) is 2. The molecule has 5 heteroatoms. The molecule has 0 bridgehead atoms. The molecule has 0 radical (unpaired) electrons. The summed E-state index contributed by atoms with van der Waals surface area (Å²) in [5, 5.41) is 5.41. The summed E-state index contributed by atoms with van der Waals surface area (Å²) < 4.78 is 0. The van der Waals surface area contributed by atoms with E-state index in [2.05, 4.69) is 17.6 Å². The second-order valence-electron chi connectivity index (χ2n) is 6.18. The maximum atomic E-state index is 12.2. The van der Waals surface area contributed by atoms with Crippen LogP contribution in [0.5, 0.6) is 0 Å². The van der Waals surface area contributed by atoms with Gasteiger partial charge in [0.15, 0.2) is 5.78 Å². The smallest absolute Gasteiger partial charge is 0.224 e. The van der Waals surface area contributed by atoms with Gasteiger partial charge < -0.3 is 10.6 Å². The lowest BCUT2D eigenvalue weighted by molar-refractivity contribution is -0.116. The van der Waals surface area contributed by atoms with Gasteiger partial charge in [-0.25, -0.2) is 0 Å². The van der Waals surface area contributed by atoms with Gasteiger partial charge in [-0.05, 0) is 36.2 Å².